The van der Waals surface area contributed by atoms with Gasteiger partial charge in [-0.15, -0.1) is 22.7 Å². The van der Waals surface area contributed by atoms with Crippen LogP contribution < -0.4 is 4.90 Å². The average molecular weight is 315 g/mol. The van der Waals surface area contributed by atoms with Crippen molar-refractivity contribution in [2.45, 2.75) is 13.3 Å². The van der Waals surface area contributed by atoms with Crippen LogP contribution in [0.15, 0.2) is 41.2 Å². The molecule has 3 aromatic rings. The van der Waals surface area contributed by atoms with Crippen molar-refractivity contribution < 1.29 is 0 Å². The average Bonchev–Trinajstić information content (AvgIpc) is 3.15. The lowest BCUT2D eigenvalue weighted by molar-refractivity contribution is 0.875. The van der Waals surface area contributed by atoms with Crippen LogP contribution in [-0.4, -0.2) is 23.6 Å². The van der Waals surface area contributed by atoms with Crippen molar-refractivity contribution >= 4 is 27.8 Å². The number of hydrogen-bond acceptors (Lipinski definition) is 5. The first kappa shape index (κ1) is 14.2. The Balaban J connectivity index is 1.67. The molecule has 0 N–H and O–H groups in total. The Hall–Kier alpha value is -1.72. The van der Waals surface area contributed by atoms with Crippen molar-refractivity contribution in [2.75, 3.05) is 18.5 Å². The molecule has 0 radical (unpaired) electrons. The molecule has 0 fully saturated rings. The summed E-state index contributed by atoms with van der Waals surface area (Å²) in [5.41, 5.74) is 5.29. The van der Waals surface area contributed by atoms with Crippen LogP contribution in [0.4, 0.5) is 5.13 Å². The van der Waals surface area contributed by atoms with Gasteiger partial charge in [0.2, 0.25) is 0 Å². The molecule has 0 aliphatic heterocycles. The number of anilines is 1. The first-order valence-corrected chi connectivity index (χ1v) is 8.61. The lowest BCUT2D eigenvalue weighted by atomic mass is 10.2. The monoisotopic (exact) mass is 315 g/mol. The van der Waals surface area contributed by atoms with E-state index in [0.29, 0.717) is 0 Å². The Bertz CT molecular complexity index is 703. The van der Waals surface area contributed by atoms with E-state index in [9.17, 15) is 0 Å². The van der Waals surface area contributed by atoms with Gasteiger partial charge in [0.15, 0.2) is 5.13 Å². The molecule has 0 saturated carbocycles. The lowest BCUT2D eigenvalue weighted by Crippen LogP contribution is -2.20. The minimum atomic E-state index is 0.963. The fourth-order valence-corrected chi connectivity index (χ4v) is 3.71. The molecule has 0 spiro atoms. The fourth-order valence-electron chi connectivity index (χ4n) is 2.11. The highest BCUT2D eigenvalue weighted by Gasteiger charge is 2.09. The maximum absolute atomic E-state index is 4.74. The normalized spacial score (nSPS) is 10.8. The van der Waals surface area contributed by atoms with Gasteiger partial charge in [-0.1, -0.05) is 30.3 Å². The molecular weight excluding hydrogens is 298 g/mol. The second kappa shape index (κ2) is 6.37. The van der Waals surface area contributed by atoms with E-state index in [4.69, 9.17) is 4.98 Å². The Kier molecular flexibility index (Phi) is 4.31. The van der Waals surface area contributed by atoms with Crippen molar-refractivity contribution in [3.05, 3.63) is 51.8 Å². The van der Waals surface area contributed by atoms with Crippen molar-refractivity contribution in [2.24, 2.45) is 0 Å². The molecule has 0 bridgehead atoms. The summed E-state index contributed by atoms with van der Waals surface area (Å²) in [5.74, 6) is 0. The summed E-state index contributed by atoms with van der Waals surface area (Å²) in [4.78, 5) is 12.6. The van der Waals surface area contributed by atoms with E-state index in [1.54, 1.807) is 22.7 Å². The first-order chi connectivity index (χ1) is 10.2. The first-order valence-electron chi connectivity index (χ1n) is 6.85. The SMILES string of the molecule is Cc1ncsc1CCN(C)c1nc(-c2ccccc2)cs1. The smallest absolute Gasteiger partial charge is 0.185 e. The van der Waals surface area contributed by atoms with Crippen LogP contribution in [0.3, 0.4) is 0 Å². The minimum Gasteiger partial charge on any atom is -0.351 e. The van der Waals surface area contributed by atoms with E-state index in [0.717, 1.165) is 29.5 Å². The Morgan fingerprint density at radius 1 is 1.14 bits per heavy atom. The number of thiazole rings is 2. The van der Waals surface area contributed by atoms with Gasteiger partial charge in [0.25, 0.3) is 0 Å². The molecule has 3 nitrogen and oxygen atoms in total. The highest BCUT2D eigenvalue weighted by atomic mass is 32.1. The van der Waals surface area contributed by atoms with Gasteiger partial charge in [-0.05, 0) is 6.92 Å². The van der Waals surface area contributed by atoms with E-state index < -0.39 is 0 Å². The Morgan fingerprint density at radius 2 is 1.95 bits per heavy atom. The van der Waals surface area contributed by atoms with Crippen LogP contribution >= 0.6 is 22.7 Å². The van der Waals surface area contributed by atoms with Crippen LogP contribution in [0.5, 0.6) is 0 Å². The van der Waals surface area contributed by atoms with E-state index in [1.165, 1.54) is 10.4 Å². The maximum Gasteiger partial charge on any atom is 0.185 e. The summed E-state index contributed by atoms with van der Waals surface area (Å²) in [6, 6.07) is 10.3. The van der Waals surface area contributed by atoms with Crippen LogP contribution in [0.1, 0.15) is 10.6 Å². The third-order valence-corrected chi connectivity index (χ3v) is 5.36. The summed E-state index contributed by atoms with van der Waals surface area (Å²) in [6.07, 6.45) is 1.02. The standard InChI is InChI=1S/C16H17N3S2/c1-12-15(21-11-17-12)8-9-19(2)16-18-14(10-20-16)13-6-4-3-5-7-13/h3-7,10-11H,8-9H2,1-2H3. The summed E-state index contributed by atoms with van der Waals surface area (Å²) in [5, 5.41) is 3.19. The summed E-state index contributed by atoms with van der Waals surface area (Å²) in [7, 11) is 2.10. The molecule has 0 amide bonds. The molecule has 2 heterocycles. The van der Waals surface area contributed by atoms with Gasteiger partial charge in [-0.3, -0.25) is 0 Å². The number of nitrogens with zero attached hydrogens (tertiary/aromatic N) is 3. The maximum atomic E-state index is 4.74. The van der Waals surface area contributed by atoms with Crippen molar-refractivity contribution in [3.63, 3.8) is 0 Å². The summed E-state index contributed by atoms with van der Waals surface area (Å²) in [6.45, 7) is 3.04. The van der Waals surface area contributed by atoms with Gasteiger partial charge in [0, 0.05) is 35.8 Å². The van der Waals surface area contributed by atoms with E-state index >= 15 is 0 Å². The molecule has 0 aliphatic rings. The second-order valence-corrected chi connectivity index (χ2v) is 6.69. The van der Waals surface area contributed by atoms with Crippen molar-refractivity contribution in [1.29, 1.82) is 0 Å². The highest BCUT2D eigenvalue weighted by molar-refractivity contribution is 7.14. The largest absolute Gasteiger partial charge is 0.351 e. The van der Waals surface area contributed by atoms with Crippen molar-refractivity contribution in [1.82, 2.24) is 9.97 Å². The number of aryl methyl sites for hydroxylation is 1. The van der Waals surface area contributed by atoms with Crippen LogP contribution in [-0.2, 0) is 6.42 Å². The third-order valence-electron chi connectivity index (χ3n) is 3.41. The molecule has 0 aliphatic carbocycles. The lowest BCUT2D eigenvalue weighted by Gasteiger charge is -2.14. The number of likely N-dealkylation sites (N-methyl/N-ethyl adjacent to an activating group) is 1. The number of benzene rings is 1. The summed E-state index contributed by atoms with van der Waals surface area (Å²) < 4.78 is 0. The zero-order chi connectivity index (χ0) is 14.7. The van der Waals surface area contributed by atoms with Crippen LogP contribution in [0.25, 0.3) is 11.3 Å². The Morgan fingerprint density at radius 3 is 2.67 bits per heavy atom. The quantitative estimate of drug-likeness (QED) is 0.704. The van der Waals surface area contributed by atoms with Crippen molar-refractivity contribution in [3.8, 4) is 11.3 Å². The van der Waals surface area contributed by atoms with Gasteiger partial charge < -0.3 is 4.90 Å². The molecule has 0 atom stereocenters. The number of hydrogen-bond donors (Lipinski definition) is 0. The molecule has 3 rings (SSSR count). The van der Waals surface area contributed by atoms with Gasteiger partial charge >= 0.3 is 0 Å². The Labute approximate surface area is 132 Å². The third kappa shape index (κ3) is 3.31. The predicted octanol–water partition coefficient (Wildman–Crippen LogP) is 4.25. The summed E-state index contributed by atoms with van der Waals surface area (Å²) >= 11 is 3.43. The van der Waals surface area contributed by atoms with Crippen LogP contribution in [0.2, 0.25) is 0 Å². The molecule has 1 aromatic carbocycles. The molecule has 21 heavy (non-hydrogen) atoms. The molecular formula is C16H17N3S2. The zero-order valence-corrected chi connectivity index (χ0v) is 13.7. The van der Waals surface area contributed by atoms with E-state index in [-0.39, 0.29) is 0 Å². The fraction of sp³-hybridized carbons (Fsp3) is 0.250. The van der Waals surface area contributed by atoms with Gasteiger partial charge in [0.1, 0.15) is 0 Å². The van der Waals surface area contributed by atoms with Crippen LogP contribution in [0, 0.1) is 6.92 Å². The predicted molar refractivity (Wildman–Crippen MR) is 91.4 cm³/mol. The zero-order valence-electron chi connectivity index (χ0n) is 12.1. The van der Waals surface area contributed by atoms with E-state index in [1.807, 2.05) is 23.7 Å². The molecule has 5 heteroatoms. The van der Waals surface area contributed by atoms with Gasteiger partial charge in [0.05, 0.1) is 16.9 Å². The number of aromatic nitrogens is 2. The molecule has 0 unspecified atom stereocenters. The molecule has 108 valence electrons. The topological polar surface area (TPSA) is 29.0 Å². The highest BCUT2D eigenvalue weighted by Crippen LogP contribution is 2.27. The minimum absolute atomic E-state index is 0.963. The van der Waals surface area contributed by atoms with Gasteiger partial charge in [-0.25, -0.2) is 9.97 Å². The second-order valence-electron chi connectivity index (χ2n) is 4.91. The van der Waals surface area contributed by atoms with E-state index in [2.05, 4.69) is 41.4 Å². The van der Waals surface area contributed by atoms with Gasteiger partial charge in [-0.2, -0.15) is 0 Å². The molecule has 0 saturated heterocycles. The number of rotatable bonds is 5. The molecule has 2 aromatic heterocycles.